The first-order chi connectivity index (χ1) is 6.77. The summed E-state index contributed by atoms with van der Waals surface area (Å²) in [5.74, 6) is 0.938. The lowest BCUT2D eigenvalue weighted by Gasteiger charge is -2.17. The first-order valence-corrected chi connectivity index (χ1v) is 5.36. The molecule has 0 amide bonds. The lowest BCUT2D eigenvalue weighted by molar-refractivity contribution is 0.132. The fraction of sp³-hybridized carbons (Fsp3) is 0.583. The molecule has 2 atom stereocenters. The van der Waals surface area contributed by atoms with E-state index in [1.165, 1.54) is 12.8 Å². The molecule has 2 rings (SSSR count). The molecule has 0 spiro atoms. The fourth-order valence-electron chi connectivity index (χ4n) is 1.74. The van der Waals surface area contributed by atoms with Crippen LogP contribution in [0.3, 0.4) is 0 Å². The maximum atomic E-state index is 9.94. The second-order valence-corrected chi connectivity index (χ2v) is 4.29. The number of aromatic nitrogens is 1. The van der Waals surface area contributed by atoms with Crippen LogP contribution in [0.4, 0.5) is 0 Å². The molecule has 14 heavy (non-hydrogen) atoms. The van der Waals surface area contributed by atoms with Gasteiger partial charge in [0.1, 0.15) is 0 Å². The van der Waals surface area contributed by atoms with Crippen LogP contribution in [0.1, 0.15) is 37.8 Å². The topological polar surface area (TPSA) is 33.1 Å². The van der Waals surface area contributed by atoms with Crippen LogP contribution in [0.15, 0.2) is 24.4 Å². The summed E-state index contributed by atoms with van der Waals surface area (Å²) in [6.07, 6.45) is 5.10. The van der Waals surface area contributed by atoms with Gasteiger partial charge in [0.2, 0.25) is 0 Å². The molecular formula is C12H17NO. The van der Waals surface area contributed by atoms with Crippen molar-refractivity contribution in [2.24, 2.45) is 5.92 Å². The Bertz CT molecular complexity index is 282. The van der Waals surface area contributed by atoms with Crippen molar-refractivity contribution in [2.45, 2.75) is 38.2 Å². The Kier molecular flexibility index (Phi) is 2.82. The summed E-state index contributed by atoms with van der Waals surface area (Å²) in [5, 5.41) is 9.94. The van der Waals surface area contributed by atoms with E-state index in [0.29, 0.717) is 0 Å². The quantitative estimate of drug-likeness (QED) is 0.792. The molecule has 2 nitrogen and oxygen atoms in total. The third-order valence-electron chi connectivity index (χ3n) is 3.00. The number of nitrogens with zero attached hydrogens (tertiary/aromatic N) is 1. The predicted molar refractivity (Wildman–Crippen MR) is 56.0 cm³/mol. The maximum absolute atomic E-state index is 9.94. The summed E-state index contributed by atoms with van der Waals surface area (Å²) in [6, 6.07) is 5.87. The van der Waals surface area contributed by atoms with Crippen molar-refractivity contribution < 1.29 is 5.11 Å². The van der Waals surface area contributed by atoms with Crippen LogP contribution in [0.2, 0.25) is 0 Å². The Morgan fingerprint density at radius 3 is 2.86 bits per heavy atom. The minimum atomic E-state index is -0.225. The van der Waals surface area contributed by atoms with E-state index in [0.717, 1.165) is 18.0 Å². The van der Waals surface area contributed by atoms with Gasteiger partial charge in [-0.15, -0.1) is 0 Å². The number of rotatable bonds is 4. The third kappa shape index (κ3) is 2.32. The average molecular weight is 191 g/mol. The van der Waals surface area contributed by atoms with Crippen molar-refractivity contribution in [2.75, 3.05) is 0 Å². The van der Waals surface area contributed by atoms with E-state index in [1.807, 2.05) is 18.2 Å². The summed E-state index contributed by atoms with van der Waals surface area (Å²) in [6.45, 7) is 2.05. The summed E-state index contributed by atoms with van der Waals surface area (Å²) < 4.78 is 0. The Balaban J connectivity index is 1.96. The predicted octanol–water partition coefficient (Wildman–Crippen LogP) is 2.35. The number of hydrogen-bond acceptors (Lipinski definition) is 2. The fourth-order valence-corrected chi connectivity index (χ4v) is 1.74. The Labute approximate surface area is 85.0 Å². The molecule has 2 heteroatoms. The van der Waals surface area contributed by atoms with E-state index in [-0.39, 0.29) is 12.0 Å². The van der Waals surface area contributed by atoms with E-state index >= 15 is 0 Å². The Morgan fingerprint density at radius 1 is 1.50 bits per heavy atom. The van der Waals surface area contributed by atoms with Gasteiger partial charge in [-0.1, -0.05) is 25.8 Å². The van der Waals surface area contributed by atoms with Gasteiger partial charge in [0.15, 0.2) is 0 Å². The van der Waals surface area contributed by atoms with Crippen LogP contribution in [0, 0.1) is 5.92 Å². The molecule has 1 heterocycles. The van der Waals surface area contributed by atoms with E-state index in [1.54, 1.807) is 6.20 Å². The van der Waals surface area contributed by atoms with Crippen molar-refractivity contribution in [3.8, 4) is 0 Å². The molecule has 0 saturated heterocycles. The van der Waals surface area contributed by atoms with Gasteiger partial charge in [0.25, 0.3) is 0 Å². The van der Waals surface area contributed by atoms with Crippen molar-refractivity contribution in [1.82, 2.24) is 4.98 Å². The zero-order valence-electron chi connectivity index (χ0n) is 8.56. The van der Waals surface area contributed by atoms with Gasteiger partial charge in [0.05, 0.1) is 6.10 Å². The molecule has 0 aliphatic heterocycles. The normalized spacial score (nSPS) is 20.4. The van der Waals surface area contributed by atoms with Gasteiger partial charge in [-0.05, 0) is 24.5 Å². The second kappa shape index (κ2) is 4.09. The molecule has 1 saturated carbocycles. The Hall–Kier alpha value is -0.890. The first kappa shape index (κ1) is 9.66. The zero-order valence-corrected chi connectivity index (χ0v) is 8.56. The molecule has 0 bridgehead atoms. The SMILES string of the molecule is CC(c1ccccn1)C(O)CC1CC1. The lowest BCUT2D eigenvalue weighted by atomic mass is 9.96. The van der Waals surface area contributed by atoms with Crippen LogP contribution >= 0.6 is 0 Å². The highest BCUT2D eigenvalue weighted by atomic mass is 16.3. The number of hydrogen-bond donors (Lipinski definition) is 1. The van der Waals surface area contributed by atoms with Crippen molar-refractivity contribution in [3.05, 3.63) is 30.1 Å². The minimum Gasteiger partial charge on any atom is -0.392 e. The van der Waals surface area contributed by atoms with Crippen LogP contribution < -0.4 is 0 Å². The van der Waals surface area contributed by atoms with Crippen molar-refractivity contribution in [3.63, 3.8) is 0 Å². The lowest BCUT2D eigenvalue weighted by Crippen LogP contribution is -2.17. The Morgan fingerprint density at radius 2 is 2.29 bits per heavy atom. The van der Waals surface area contributed by atoms with Gasteiger partial charge in [-0.3, -0.25) is 4.98 Å². The molecule has 1 aliphatic rings. The van der Waals surface area contributed by atoms with Crippen LogP contribution in [-0.4, -0.2) is 16.2 Å². The van der Waals surface area contributed by atoms with Crippen LogP contribution in [-0.2, 0) is 0 Å². The van der Waals surface area contributed by atoms with Crippen LogP contribution in [0.5, 0.6) is 0 Å². The largest absolute Gasteiger partial charge is 0.392 e. The maximum Gasteiger partial charge on any atom is 0.0623 e. The molecule has 76 valence electrons. The van der Waals surface area contributed by atoms with E-state index in [4.69, 9.17) is 0 Å². The molecule has 1 aliphatic carbocycles. The standard InChI is InChI=1S/C12H17NO/c1-9(11-4-2-3-7-13-11)12(14)8-10-5-6-10/h2-4,7,9-10,12,14H,5-6,8H2,1H3. The summed E-state index contributed by atoms with van der Waals surface area (Å²) >= 11 is 0. The summed E-state index contributed by atoms with van der Waals surface area (Å²) in [4.78, 5) is 4.27. The van der Waals surface area contributed by atoms with Gasteiger partial charge in [-0.2, -0.15) is 0 Å². The molecule has 2 unspecified atom stereocenters. The van der Waals surface area contributed by atoms with Gasteiger partial charge in [-0.25, -0.2) is 0 Å². The van der Waals surface area contributed by atoms with Gasteiger partial charge in [0, 0.05) is 17.8 Å². The molecular weight excluding hydrogens is 174 g/mol. The second-order valence-electron chi connectivity index (χ2n) is 4.29. The third-order valence-corrected chi connectivity index (χ3v) is 3.00. The molecule has 1 aromatic heterocycles. The van der Waals surface area contributed by atoms with Crippen molar-refractivity contribution >= 4 is 0 Å². The molecule has 0 radical (unpaired) electrons. The van der Waals surface area contributed by atoms with E-state index in [2.05, 4.69) is 11.9 Å². The smallest absolute Gasteiger partial charge is 0.0623 e. The first-order valence-electron chi connectivity index (χ1n) is 5.36. The van der Waals surface area contributed by atoms with Gasteiger partial charge < -0.3 is 5.11 Å². The van der Waals surface area contributed by atoms with Crippen LogP contribution in [0.25, 0.3) is 0 Å². The number of pyridine rings is 1. The van der Waals surface area contributed by atoms with E-state index < -0.39 is 0 Å². The van der Waals surface area contributed by atoms with Gasteiger partial charge >= 0.3 is 0 Å². The number of aliphatic hydroxyl groups is 1. The average Bonchev–Trinajstić information content (AvgIpc) is 3.02. The highest BCUT2D eigenvalue weighted by molar-refractivity contribution is 5.10. The minimum absolute atomic E-state index is 0.164. The molecule has 0 aromatic carbocycles. The summed E-state index contributed by atoms with van der Waals surface area (Å²) in [7, 11) is 0. The van der Waals surface area contributed by atoms with E-state index in [9.17, 15) is 5.11 Å². The highest BCUT2D eigenvalue weighted by Crippen LogP contribution is 2.36. The monoisotopic (exact) mass is 191 g/mol. The zero-order chi connectivity index (χ0) is 9.97. The number of aliphatic hydroxyl groups excluding tert-OH is 1. The molecule has 1 N–H and O–H groups in total. The molecule has 1 aromatic rings. The highest BCUT2D eigenvalue weighted by Gasteiger charge is 2.27. The van der Waals surface area contributed by atoms with Crippen molar-refractivity contribution in [1.29, 1.82) is 0 Å². The summed E-state index contributed by atoms with van der Waals surface area (Å²) in [5.41, 5.74) is 1.00. The molecule has 1 fully saturated rings.